The van der Waals surface area contributed by atoms with Gasteiger partial charge in [0, 0.05) is 31.7 Å². The van der Waals surface area contributed by atoms with Crippen molar-refractivity contribution < 1.29 is 37.3 Å². The van der Waals surface area contributed by atoms with Gasteiger partial charge < -0.3 is 30.5 Å². The summed E-state index contributed by atoms with van der Waals surface area (Å²) in [6.45, 7) is 2.46. The fraction of sp³-hybridized carbons (Fsp3) is 0.417. The molecule has 1 saturated heterocycles. The molecule has 1 fully saturated rings. The summed E-state index contributed by atoms with van der Waals surface area (Å²) >= 11 is 0. The van der Waals surface area contributed by atoms with Gasteiger partial charge in [-0.2, -0.15) is 13.2 Å². The van der Waals surface area contributed by atoms with Gasteiger partial charge in [-0.1, -0.05) is 36.4 Å². The van der Waals surface area contributed by atoms with E-state index < -0.39 is 12.1 Å². The molecule has 0 aliphatic carbocycles. The maximum atomic E-state index is 12.6. The minimum atomic E-state index is -5.08. The van der Waals surface area contributed by atoms with E-state index in [1.54, 1.807) is 14.2 Å². The first-order valence-corrected chi connectivity index (χ1v) is 10.9. The minimum absolute atomic E-state index is 0.0426. The number of methoxy groups -OCH3 is 2. The van der Waals surface area contributed by atoms with Crippen molar-refractivity contribution in [2.24, 2.45) is 5.73 Å². The number of hydrogen-bond acceptors (Lipinski definition) is 5. The number of rotatable bonds is 6. The van der Waals surface area contributed by atoms with Crippen LogP contribution >= 0.6 is 0 Å². The second kappa shape index (κ2) is 12.8. The number of carbonyl (C=O) groups excluding carboxylic acids is 1. The largest absolute Gasteiger partial charge is 0.493 e. The second-order valence-corrected chi connectivity index (χ2v) is 7.82. The van der Waals surface area contributed by atoms with E-state index in [2.05, 4.69) is 29.6 Å². The van der Waals surface area contributed by atoms with Gasteiger partial charge in [0.05, 0.1) is 14.2 Å². The predicted molar refractivity (Wildman–Crippen MR) is 123 cm³/mol. The number of benzene rings is 2. The number of hydrogen-bond donors (Lipinski definition) is 3. The number of ether oxygens (including phenoxy) is 2. The molecule has 11 heteroatoms. The van der Waals surface area contributed by atoms with E-state index >= 15 is 0 Å². The Balaban J connectivity index is 0.000000540. The predicted octanol–water partition coefficient (Wildman–Crippen LogP) is 3.89. The molecule has 192 valence electrons. The lowest BCUT2D eigenvalue weighted by Gasteiger charge is -2.32. The number of aliphatic carboxylic acids is 1. The molecule has 1 heterocycles. The van der Waals surface area contributed by atoms with Crippen molar-refractivity contribution >= 4 is 12.0 Å². The number of nitrogens with one attached hydrogen (secondary N) is 1. The number of nitrogens with zero attached hydrogens (tertiary/aromatic N) is 1. The summed E-state index contributed by atoms with van der Waals surface area (Å²) in [5.74, 6) is -0.958. The van der Waals surface area contributed by atoms with Crippen molar-refractivity contribution in [1.29, 1.82) is 0 Å². The minimum Gasteiger partial charge on any atom is -0.493 e. The van der Waals surface area contributed by atoms with Crippen LogP contribution in [0.4, 0.5) is 18.0 Å². The van der Waals surface area contributed by atoms with E-state index in [-0.39, 0.29) is 6.03 Å². The van der Waals surface area contributed by atoms with Crippen LogP contribution in [0.2, 0.25) is 0 Å². The number of carboxylic acid groups (broad SMARTS) is 1. The van der Waals surface area contributed by atoms with Crippen molar-refractivity contribution in [3.63, 3.8) is 0 Å². The smallest absolute Gasteiger partial charge is 0.490 e. The topological polar surface area (TPSA) is 114 Å². The van der Waals surface area contributed by atoms with Crippen molar-refractivity contribution in [3.8, 4) is 11.5 Å². The zero-order valence-corrected chi connectivity index (χ0v) is 19.6. The van der Waals surface area contributed by atoms with Crippen LogP contribution in [0, 0.1) is 0 Å². The number of urea groups is 1. The zero-order chi connectivity index (χ0) is 26.0. The molecule has 1 aliphatic rings. The Hall–Kier alpha value is -3.47. The summed E-state index contributed by atoms with van der Waals surface area (Å²) in [4.78, 5) is 23.4. The number of para-hydroxylation sites is 1. The van der Waals surface area contributed by atoms with Crippen LogP contribution in [0.1, 0.15) is 35.4 Å². The van der Waals surface area contributed by atoms with E-state index in [9.17, 15) is 18.0 Å². The SMILES string of the molecule is COc1cccc(CNC(=O)N2CCC(c3cccc(CN)c3)CC2)c1OC.O=C(O)C(F)(F)F. The van der Waals surface area contributed by atoms with Gasteiger partial charge in [0.25, 0.3) is 0 Å². The Kier molecular flexibility index (Phi) is 10.2. The monoisotopic (exact) mass is 497 g/mol. The molecule has 0 unspecified atom stereocenters. The highest BCUT2D eigenvalue weighted by Crippen LogP contribution is 2.31. The van der Waals surface area contributed by atoms with Crippen molar-refractivity contribution in [2.45, 2.75) is 38.0 Å². The van der Waals surface area contributed by atoms with Crippen LogP contribution in [0.15, 0.2) is 42.5 Å². The number of carboxylic acids is 1. The van der Waals surface area contributed by atoms with Crippen LogP contribution in [-0.2, 0) is 17.9 Å². The maximum absolute atomic E-state index is 12.6. The first kappa shape index (κ1) is 27.8. The van der Waals surface area contributed by atoms with Gasteiger partial charge in [-0.15, -0.1) is 0 Å². The number of amides is 2. The Morgan fingerprint density at radius 3 is 2.29 bits per heavy atom. The number of halogens is 3. The van der Waals surface area contributed by atoms with E-state index in [0.717, 1.165) is 37.1 Å². The van der Waals surface area contributed by atoms with Gasteiger partial charge in [0.15, 0.2) is 11.5 Å². The van der Waals surface area contributed by atoms with Gasteiger partial charge in [-0.05, 0) is 36.0 Å². The van der Waals surface area contributed by atoms with Gasteiger partial charge in [-0.3, -0.25) is 0 Å². The average molecular weight is 498 g/mol. The molecular formula is C24H30F3N3O5. The number of likely N-dealkylation sites (tertiary alicyclic amines) is 1. The first-order valence-electron chi connectivity index (χ1n) is 10.9. The second-order valence-electron chi connectivity index (χ2n) is 7.82. The van der Waals surface area contributed by atoms with Crippen LogP contribution < -0.4 is 20.5 Å². The third-order valence-electron chi connectivity index (χ3n) is 5.60. The summed E-state index contributed by atoms with van der Waals surface area (Å²) in [6, 6.07) is 14.1. The van der Waals surface area contributed by atoms with Crippen LogP contribution in [-0.4, -0.2) is 55.5 Å². The first-order chi connectivity index (χ1) is 16.6. The zero-order valence-electron chi connectivity index (χ0n) is 19.6. The van der Waals surface area contributed by atoms with Gasteiger partial charge in [0.2, 0.25) is 0 Å². The molecule has 3 rings (SSSR count). The van der Waals surface area contributed by atoms with Crippen LogP contribution in [0.25, 0.3) is 0 Å². The maximum Gasteiger partial charge on any atom is 0.490 e. The Morgan fingerprint density at radius 1 is 1.11 bits per heavy atom. The fourth-order valence-electron chi connectivity index (χ4n) is 3.77. The molecule has 1 aliphatic heterocycles. The lowest BCUT2D eigenvalue weighted by atomic mass is 9.88. The van der Waals surface area contributed by atoms with Crippen molar-refractivity contribution in [3.05, 3.63) is 59.2 Å². The highest BCUT2D eigenvalue weighted by Gasteiger charge is 2.38. The molecule has 2 amide bonds. The molecule has 0 atom stereocenters. The molecule has 0 spiro atoms. The molecule has 2 aromatic rings. The lowest BCUT2D eigenvalue weighted by molar-refractivity contribution is -0.192. The Labute approximate surface area is 201 Å². The number of piperidine rings is 1. The summed E-state index contributed by atoms with van der Waals surface area (Å²) < 4.78 is 42.5. The highest BCUT2D eigenvalue weighted by molar-refractivity contribution is 5.74. The molecule has 2 aromatic carbocycles. The molecule has 8 nitrogen and oxygen atoms in total. The summed E-state index contributed by atoms with van der Waals surface area (Å²) in [6.07, 6.45) is -3.16. The van der Waals surface area contributed by atoms with E-state index in [1.165, 1.54) is 5.56 Å². The van der Waals surface area contributed by atoms with Crippen LogP contribution in [0.3, 0.4) is 0 Å². The van der Waals surface area contributed by atoms with Crippen molar-refractivity contribution in [2.75, 3.05) is 27.3 Å². The Bertz CT molecular complexity index is 993. The lowest BCUT2D eigenvalue weighted by Crippen LogP contribution is -2.43. The highest BCUT2D eigenvalue weighted by atomic mass is 19.4. The molecule has 0 radical (unpaired) electrons. The Morgan fingerprint density at radius 2 is 1.74 bits per heavy atom. The van der Waals surface area contributed by atoms with E-state index in [0.29, 0.717) is 30.5 Å². The van der Waals surface area contributed by atoms with E-state index in [1.807, 2.05) is 23.1 Å². The molecule has 0 aromatic heterocycles. The van der Waals surface area contributed by atoms with Gasteiger partial charge in [0.1, 0.15) is 0 Å². The third kappa shape index (κ3) is 8.06. The number of carbonyl (C=O) groups is 2. The molecule has 35 heavy (non-hydrogen) atoms. The van der Waals surface area contributed by atoms with Gasteiger partial charge >= 0.3 is 18.2 Å². The summed E-state index contributed by atoms with van der Waals surface area (Å²) in [5.41, 5.74) is 9.13. The van der Waals surface area contributed by atoms with Gasteiger partial charge in [-0.25, -0.2) is 9.59 Å². The fourth-order valence-corrected chi connectivity index (χ4v) is 3.77. The van der Waals surface area contributed by atoms with E-state index in [4.69, 9.17) is 25.1 Å². The normalized spacial score (nSPS) is 13.9. The van der Waals surface area contributed by atoms with Crippen LogP contribution in [0.5, 0.6) is 11.5 Å². The quantitative estimate of drug-likeness (QED) is 0.558. The molecule has 4 N–H and O–H groups in total. The summed E-state index contributed by atoms with van der Waals surface area (Å²) in [5, 5.41) is 10.1. The number of nitrogens with two attached hydrogens (primary N) is 1. The summed E-state index contributed by atoms with van der Waals surface area (Å²) in [7, 11) is 3.21. The average Bonchev–Trinajstić information content (AvgIpc) is 2.86. The standard InChI is InChI=1S/C22H29N3O3.C2HF3O2/c1-27-20-8-4-7-19(21(20)28-2)15-24-22(26)25-11-9-17(10-12-25)18-6-3-5-16(13-18)14-23;3-2(4,5)1(6)7/h3-8,13,17H,9-12,14-15,23H2,1-2H3,(H,24,26);(H,6,7). The molecule has 0 bridgehead atoms. The molecular weight excluding hydrogens is 467 g/mol. The van der Waals surface area contributed by atoms with Crippen molar-refractivity contribution in [1.82, 2.24) is 10.2 Å². The number of alkyl halides is 3. The molecule has 0 saturated carbocycles. The third-order valence-corrected chi connectivity index (χ3v) is 5.60.